The maximum absolute atomic E-state index is 12.3. The maximum atomic E-state index is 12.3. The van der Waals surface area contributed by atoms with E-state index >= 15 is 0 Å². The van der Waals surface area contributed by atoms with Crippen LogP contribution < -0.4 is 23.7 Å². The second-order valence-electron chi connectivity index (χ2n) is 5.85. The van der Waals surface area contributed by atoms with Crippen LogP contribution in [0.3, 0.4) is 0 Å². The van der Waals surface area contributed by atoms with Gasteiger partial charge in [0, 0.05) is 17.2 Å². The van der Waals surface area contributed by atoms with Gasteiger partial charge in [0.2, 0.25) is 12.7 Å². The van der Waals surface area contributed by atoms with Crippen LogP contribution in [-0.2, 0) is 9.53 Å². The minimum Gasteiger partial charge on any atom is -0.496 e. The number of aliphatic imine (C=N–C) groups is 1. The summed E-state index contributed by atoms with van der Waals surface area (Å²) in [5, 5.41) is 0. The summed E-state index contributed by atoms with van der Waals surface area (Å²) < 4.78 is 31.9. The van der Waals surface area contributed by atoms with Gasteiger partial charge in [0.1, 0.15) is 5.75 Å². The van der Waals surface area contributed by atoms with Crippen molar-refractivity contribution in [1.82, 2.24) is 0 Å². The zero-order chi connectivity index (χ0) is 19.7. The number of hydrogen-bond acceptors (Lipinski definition) is 8. The summed E-state index contributed by atoms with van der Waals surface area (Å²) in [4.78, 5) is 16.6. The van der Waals surface area contributed by atoms with Gasteiger partial charge in [-0.2, -0.15) is 0 Å². The summed E-state index contributed by atoms with van der Waals surface area (Å²) in [6, 6.07) is 8.58. The van der Waals surface area contributed by atoms with Crippen LogP contribution in [0.4, 0.5) is 0 Å². The highest BCUT2D eigenvalue weighted by Crippen LogP contribution is 2.37. The summed E-state index contributed by atoms with van der Waals surface area (Å²) in [6.07, 6.45) is 1.57. The van der Waals surface area contributed by atoms with Gasteiger partial charge < -0.3 is 28.4 Å². The summed E-state index contributed by atoms with van der Waals surface area (Å²) in [6.45, 7) is 0.162. The molecule has 0 aliphatic carbocycles. The molecule has 0 fully saturated rings. The summed E-state index contributed by atoms with van der Waals surface area (Å²) in [7, 11) is 4.59. The number of ether oxygens (including phenoxy) is 6. The van der Waals surface area contributed by atoms with Crippen LogP contribution in [-0.4, -0.2) is 40.0 Å². The fraction of sp³-hybridized carbons (Fsp3) is 0.200. The second-order valence-corrected chi connectivity index (χ2v) is 5.85. The van der Waals surface area contributed by atoms with Crippen molar-refractivity contribution in [3.05, 3.63) is 47.2 Å². The lowest BCUT2D eigenvalue weighted by Crippen LogP contribution is -2.05. The first-order chi connectivity index (χ1) is 13.6. The quantitative estimate of drug-likeness (QED) is 0.580. The van der Waals surface area contributed by atoms with Gasteiger partial charge in [-0.3, -0.25) is 0 Å². The third kappa shape index (κ3) is 3.09. The van der Waals surface area contributed by atoms with Crippen LogP contribution in [0, 0.1) is 0 Å². The summed E-state index contributed by atoms with van der Waals surface area (Å²) in [5.41, 5.74) is 1.35. The van der Waals surface area contributed by atoms with E-state index in [0.29, 0.717) is 39.9 Å². The monoisotopic (exact) mass is 383 g/mol. The van der Waals surface area contributed by atoms with E-state index in [0.717, 1.165) is 0 Å². The number of fused-ring (bicyclic) bond motifs is 1. The Morgan fingerprint density at radius 2 is 1.64 bits per heavy atom. The van der Waals surface area contributed by atoms with Crippen LogP contribution >= 0.6 is 0 Å². The van der Waals surface area contributed by atoms with Crippen LogP contribution in [0.15, 0.2) is 41.0 Å². The second kappa shape index (κ2) is 7.15. The van der Waals surface area contributed by atoms with Crippen LogP contribution in [0.2, 0.25) is 0 Å². The molecule has 0 unspecified atom stereocenters. The maximum Gasteiger partial charge on any atom is 0.363 e. The van der Waals surface area contributed by atoms with E-state index in [-0.39, 0.29) is 18.4 Å². The molecule has 0 spiro atoms. The Hall–Kier alpha value is -3.68. The Labute approximate surface area is 160 Å². The highest BCUT2D eigenvalue weighted by Gasteiger charge is 2.26. The molecule has 144 valence electrons. The van der Waals surface area contributed by atoms with Crippen LogP contribution in [0.5, 0.6) is 28.7 Å². The van der Waals surface area contributed by atoms with Crippen molar-refractivity contribution in [1.29, 1.82) is 0 Å². The molecule has 8 heteroatoms. The van der Waals surface area contributed by atoms with E-state index in [4.69, 9.17) is 28.4 Å². The number of carbonyl (C=O) groups excluding carboxylic acids is 1. The summed E-state index contributed by atoms with van der Waals surface area (Å²) in [5.74, 6) is 2.36. The molecule has 0 amide bonds. The fourth-order valence-corrected chi connectivity index (χ4v) is 2.88. The van der Waals surface area contributed by atoms with E-state index in [1.807, 2.05) is 0 Å². The average molecular weight is 383 g/mol. The molecule has 2 aromatic carbocycles. The van der Waals surface area contributed by atoms with Crippen molar-refractivity contribution in [3.63, 3.8) is 0 Å². The van der Waals surface area contributed by atoms with Crippen molar-refractivity contribution in [2.75, 3.05) is 28.1 Å². The highest BCUT2D eigenvalue weighted by atomic mass is 16.7. The number of benzene rings is 2. The SMILES string of the molecule is COc1cc(OC)c(OC)cc1/C=C1\N=C(c2ccc3c(c2)OCO3)OC1=O. The number of rotatable bonds is 5. The number of methoxy groups -OCH3 is 3. The van der Waals surface area contributed by atoms with Crippen molar-refractivity contribution in [3.8, 4) is 28.7 Å². The van der Waals surface area contributed by atoms with Gasteiger partial charge in [0.15, 0.2) is 28.7 Å². The van der Waals surface area contributed by atoms with Crippen molar-refractivity contribution < 1.29 is 33.2 Å². The number of carbonyl (C=O) groups is 1. The molecule has 0 N–H and O–H groups in total. The first-order valence-corrected chi connectivity index (χ1v) is 8.35. The van der Waals surface area contributed by atoms with Crippen molar-refractivity contribution in [2.24, 2.45) is 4.99 Å². The predicted octanol–water partition coefficient (Wildman–Crippen LogP) is 2.79. The molecule has 28 heavy (non-hydrogen) atoms. The average Bonchev–Trinajstić information content (AvgIpc) is 3.33. The molecule has 4 rings (SSSR count). The molecular formula is C20H17NO7. The van der Waals surface area contributed by atoms with Crippen LogP contribution in [0.1, 0.15) is 11.1 Å². The molecule has 2 aliphatic heterocycles. The molecule has 0 bridgehead atoms. The van der Waals surface area contributed by atoms with E-state index in [2.05, 4.69) is 4.99 Å². The van der Waals surface area contributed by atoms with E-state index < -0.39 is 5.97 Å². The Morgan fingerprint density at radius 3 is 2.39 bits per heavy atom. The molecule has 0 radical (unpaired) electrons. The molecule has 0 saturated carbocycles. The third-order valence-corrected chi connectivity index (χ3v) is 4.27. The minimum atomic E-state index is -0.565. The number of cyclic esters (lactones) is 1. The molecule has 0 aromatic heterocycles. The first-order valence-electron chi connectivity index (χ1n) is 8.35. The zero-order valence-corrected chi connectivity index (χ0v) is 15.5. The van der Waals surface area contributed by atoms with E-state index in [9.17, 15) is 4.79 Å². The van der Waals surface area contributed by atoms with E-state index in [1.54, 1.807) is 36.4 Å². The van der Waals surface area contributed by atoms with Crippen molar-refractivity contribution >= 4 is 17.9 Å². The topological polar surface area (TPSA) is 84.8 Å². The fourth-order valence-electron chi connectivity index (χ4n) is 2.88. The number of hydrogen-bond donors (Lipinski definition) is 0. The van der Waals surface area contributed by atoms with Gasteiger partial charge in [0.25, 0.3) is 0 Å². The zero-order valence-electron chi connectivity index (χ0n) is 15.5. The highest BCUT2D eigenvalue weighted by molar-refractivity contribution is 6.13. The molecule has 0 saturated heterocycles. The van der Waals surface area contributed by atoms with Gasteiger partial charge in [-0.1, -0.05) is 0 Å². The molecule has 2 heterocycles. The van der Waals surface area contributed by atoms with Gasteiger partial charge in [-0.25, -0.2) is 9.79 Å². The Bertz CT molecular complexity index is 1010. The Morgan fingerprint density at radius 1 is 0.929 bits per heavy atom. The number of nitrogens with zero attached hydrogens (tertiary/aromatic N) is 1. The first kappa shape index (κ1) is 17.7. The van der Waals surface area contributed by atoms with Gasteiger partial charge in [-0.15, -0.1) is 0 Å². The lowest BCUT2D eigenvalue weighted by molar-refractivity contribution is -0.129. The normalized spacial score (nSPS) is 16.0. The smallest absolute Gasteiger partial charge is 0.363 e. The largest absolute Gasteiger partial charge is 0.496 e. The molecule has 2 aromatic rings. The molecule has 2 aliphatic rings. The molecule has 0 atom stereocenters. The third-order valence-electron chi connectivity index (χ3n) is 4.27. The predicted molar refractivity (Wildman–Crippen MR) is 99.3 cm³/mol. The Balaban J connectivity index is 1.71. The van der Waals surface area contributed by atoms with Gasteiger partial charge >= 0.3 is 5.97 Å². The van der Waals surface area contributed by atoms with Crippen molar-refractivity contribution in [2.45, 2.75) is 0 Å². The van der Waals surface area contributed by atoms with Gasteiger partial charge in [0.05, 0.1) is 21.3 Å². The standard InChI is InChI=1S/C20H17NO7/c1-23-15-9-17(25-3)16(24-2)8-12(15)6-13-20(22)28-19(21-13)11-4-5-14-18(7-11)27-10-26-14/h4-9H,10H2,1-3H3/b13-6-. The summed E-state index contributed by atoms with van der Waals surface area (Å²) >= 11 is 0. The van der Waals surface area contributed by atoms with Crippen LogP contribution in [0.25, 0.3) is 6.08 Å². The number of esters is 1. The molecule has 8 nitrogen and oxygen atoms in total. The minimum absolute atomic E-state index is 0.137. The lowest BCUT2D eigenvalue weighted by atomic mass is 10.1. The lowest BCUT2D eigenvalue weighted by Gasteiger charge is -2.12. The van der Waals surface area contributed by atoms with Gasteiger partial charge in [-0.05, 0) is 30.3 Å². The molecular weight excluding hydrogens is 366 g/mol. The Kier molecular flexibility index (Phi) is 4.52. The van der Waals surface area contributed by atoms with E-state index in [1.165, 1.54) is 21.3 Å².